The fraction of sp³-hybridized carbons (Fsp3) is 0.600. The van der Waals surface area contributed by atoms with Crippen molar-refractivity contribution >= 4 is 11.8 Å². The molecule has 2 heterocycles. The number of amides is 2. The van der Waals surface area contributed by atoms with Crippen molar-refractivity contribution in [2.45, 2.75) is 32.6 Å². The van der Waals surface area contributed by atoms with E-state index in [-0.39, 0.29) is 18.4 Å². The Balaban J connectivity index is 1.42. The van der Waals surface area contributed by atoms with Crippen LogP contribution >= 0.6 is 0 Å². The summed E-state index contributed by atoms with van der Waals surface area (Å²) in [6.07, 6.45) is 3.75. The Morgan fingerprint density at radius 3 is 2.20 bits per heavy atom. The molecule has 1 aromatic rings. The largest absolute Gasteiger partial charge is 0.484 e. The highest BCUT2D eigenvalue weighted by atomic mass is 16.5. The molecular formula is C20H28N2O3. The zero-order valence-corrected chi connectivity index (χ0v) is 15.0. The third kappa shape index (κ3) is 4.74. The minimum absolute atomic E-state index is 0.00143. The van der Waals surface area contributed by atoms with E-state index in [1.165, 1.54) is 0 Å². The van der Waals surface area contributed by atoms with E-state index in [9.17, 15) is 9.59 Å². The number of benzene rings is 1. The number of likely N-dealkylation sites (tertiary alicyclic amines) is 2. The summed E-state index contributed by atoms with van der Waals surface area (Å²) < 4.78 is 5.53. The molecule has 0 bridgehead atoms. The van der Waals surface area contributed by atoms with E-state index in [4.69, 9.17) is 4.74 Å². The molecule has 0 unspecified atom stereocenters. The van der Waals surface area contributed by atoms with Crippen LogP contribution in [-0.2, 0) is 9.59 Å². The molecule has 0 saturated carbocycles. The van der Waals surface area contributed by atoms with Gasteiger partial charge in [0.15, 0.2) is 6.61 Å². The molecule has 3 rings (SSSR count). The van der Waals surface area contributed by atoms with E-state index in [0.717, 1.165) is 44.7 Å². The van der Waals surface area contributed by atoms with Crippen molar-refractivity contribution in [2.75, 3.05) is 32.8 Å². The summed E-state index contributed by atoms with van der Waals surface area (Å²) in [5.74, 6) is 1.81. The van der Waals surface area contributed by atoms with Gasteiger partial charge in [0.25, 0.3) is 5.91 Å². The molecule has 2 amide bonds. The summed E-state index contributed by atoms with van der Waals surface area (Å²) in [6, 6.07) is 9.38. The highest BCUT2D eigenvalue weighted by Gasteiger charge is 2.31. The molecule has 5 nitrogen and oxygen atoms in total. The minimum atomic E-state index is 0.00143. The fourth-order valence-corrected chi connectivity index (χ4v) is 3.62. The van der Waals surface area contributed by atoms with E-state index in [1.54, 1.807) is 0 Å². The molecule has 0 aliphatic carbocycles. The number of piperidine rings is 2. The molecule has 2 fully saturated rings. The van der Waals surface area contributed by atoms with Crippen molar-refractivity contribution in [3.63, 3.8) is 0 Å². The van der Waals surface area contributed by atoms with Gasteiger partial charge >= 0.3 is 0 Å². The monoisotopic (exact) mass is 344 g/mol. The molecule has 0 spiro atoms. The molecule has 0 atom stereocenters. The molecule has 2 aliphatic rings. The topological polar surface area (TPSA) is 49.9 Å². The van der Waals surface area contributed by atoms with Crippen LogP contribution in [0.15, 0.2) is 30.3 Å². The van der Waals surface area contributed by atoms with Gasteiger partial charge in [-0.05, 0) is 43.7 Å². The van der Waals surface area contributed by atoms with Gasteiger partial charge in [-0.1, -0.05) is 25.1 Å². The molecule has 0 aromatic heterocycles. The SMILES string of the molecule is CC1CCN(C(=O)C2CCN(C(=O)COc3ccccc3)CC2)CC1. The fourth-order valence-electron chi connectivity index (χ4n) is 3.62. The molecule has 1 aromatic carbocycles. The van der Waals surface area contributed by atoms with Crippen LogP contribution in [0.25, 0.3) is 0 Å². The van der Waals surface area contributed by atoms with Crippen LogP contribution in [0.2, 0.25) is 0 Å². The number of rotatable bonds is 4. The maximum atomic E-state index is 12.6. The Labute approximate surface area is 149 Å². The van der Waals surface area contributed by atoms with Gasteiger partial charge in [-0.2, -0.15) is 0 Å². The summed E-state index contributed by atoms with van der Waals surface area (Å²) in [6.45, 7) is 5.40. The minimum Gasteiger partial charge on any atom is -0.484 e. The molecule has 0 radical (unpaired) electrons. The Hall–Kier alpha value is -2.04. The molecular weight excluding hydrogens is 316 g/mol. The van der Waals surface area contributed by atoms with Crippen molar-refractivity contribution in [3.05, 3.63) is 30.3 Å². The van der Waals surface area contributed by atoms with Crippen molar-refractivity contribution in [3.8, 4) is 5.75 Å². The highest BCUT2D eigenvalue weighted by molar-refractivity contribution is 5.80. The standard InChI is InChI=1S/C20H28N2O3/c1-16-7-11-22(12-8-16)20(24)17-9-13-21(14-10-17)19(23)15-25-18-5-3-2-4-6-18/h2-6,16-17H,7-15H2,1H3. The maximum absolute atomic E-state index is 12.6. The molecule has 136 valence electrons. The Kier molecular flexibility index (Phi) is 5.95. The summed E-state index contributed by atoms with van der Waals surface area (Å²) in [5, 5.41) is 0. The Morgan fingerprint density at radius 1 is 0.960 bits per heavy atom. The van der Waals surface area contributed by atoms with Crippen molar-refractivity contribution in [2.24, 2.45) is 11.8 Å². The van der Waals surface area contributed by atoms with Gasteiger partial charge < -0.3 is 14.5 Å². The molecule has 5 heteroatoms. The molecule has 25 heavy (non-hydrogen) atoms. The van der Waals surface area contributed by atoms with Gasteiger partial charge in [0.1, 0.15) is 5.75 Å². The second-order valence-corrected chi connectivity index (χ2v) is 7.26. The van der Waals surface area contributed by atoms with Crippen molar-refractivity contribution in [1.29, 1.82) is 0 Å². The van der Waals surface area contributed by atoms with Gasteiger partial charge in [-0.3, -0.25) is 9.59 Å². The van der Waals surface area contributed by atoms with E-state index in [0.29, 0.717) is 24.7 Å². The predicted octanol–water partition coefficient (Wildman–Crippen LogP) is 2.56. The van der Waals surface area contributed by atoms with Gasteiger partial charge in [0.2, 0.25) is 5.91 Å². The molecule has 2 saturated heterocycles. The highest BCUT2D eigenvalue weighted by Crippen LogP contribution is 2.23. The lowest BCUT2D eigenvalue weighted by atomic mass is 9.92. The first-order valence-electron chi connectivity index (χ1n) is 9.38. The first-order valence-corrected chi connectivity index (χ1v) is 9.38. The Morgan fingerprint density at radius 2 is 1.56 bits per heavy atom. The zero-order valence-electron chi connectivity index (χ0n) is 15.0. The maximum Gasteiger partial charge on any atom is 0.260 e. The van der Waals surface area contributed by atoms with Crippen LogP contribution in [0.1, 0.15) is 32.6 Å². The number of para-hydroxylation sites is 1. The lowest BCUT2D eigenvalue weighted by Crippen LogP contribution is -2.47. The van der Waals surface area contributed by atoms with Gasteiger partial charge in [-0.15, -0.1) is 0 Å². The second kappa shape index (κ2) is 8.37. The van der Waals surface area contributed by atoms with Crippen LogP contribution < -0.4 is 4.74 Å². The number of hydrogen-bond donors (Lipinski definition) is 0. The number of carbonyl (C=O) groups is 2. The van der Waals surface area contributed by atoms with E-state index in [2.05, 4.69) is 6.92 Å². The van der Waals surface area contributed by atoms with Crippen molar-refractivity contribution < 1.29 is 14.3 Å². The number of carbonyl (C=O) groups excluding carboxylic acids is 2. The van der Waals surface area contributed by atoms with Crippen LogP contribution in [0.5, 0.6) is 5.75 Å². The molecule has 0 N–H and O–H groups in total. The summed E-state index contributed by atoms with van der Waals surface area (Å²) in [4.78, 5) is 28.8. The molecule has 2 aliphatic heterocycles. The normalized spacial score (nSPS) is 19.7. The van der Waals surface area contributed by atoms with Gasteiger partial charge in [0.05, 0.1) is 0 Å². The van der Waals surface area contributed by atoms with E-state index in [1.807, 2.05) is 40.1 Å². The predicted molar refractivity (Wildman–Crippen MR) is 96.2 cm³/mol. The third-order valence-electron chi connectivity index (χ3n) is 5.40. The zero-order chi connectivity index (χ0) is 17.6. The van der Waals surface area contributed by atoms with Crippen LogP contribution in [0.4, 0.5) is 0 Å². The average molecular weight is 344 g/mol. The number of nitrogens with zero attached hydrogens (tertiary/aromatic N) is 2. The number of ether oxygens (including phenoxy) is 1. The lowest BCUT2D eigenvalue weighted by Gasteiger charge is -2.36. The van der Waals surface area contributed by atoms with Crippen molar-refractivity contribution in [1.82, 2.24) is 9.80 Å². The smallest absolute Gasteiger partial charge is 0.260 e. The second-order valence-electron chi connectivity index (χ2n) is 7.26. The summed E-state index contributed by atoms with van der Waals surface area (Å²) in [7, 11) is 0. The van der Waals surface area contributed by atoms with Gasteiger partial charge in [-0.25, -0.2) is 0 Å². The van der Waals surface area contributed by atoms with Crippen LogP contribution in [0, 0.1) is 11.8 Å². The third-order valence-corrected chi connectivity index (χ3v) is 5.40. The summed E-state index contributed by atoms with van der Waals surface area (Å²) >= 11 is 0. The van der Waals surface area contributed by atoms with E-state index >= 15 is 0 Å². The van der Waals surface area contributed by atoms with Crippen LogP contribution in [-0.4, -0.2) is 54.4 Å². The summed E-state index contributed by atoms with van der Waals surface area (Å²) in [5.41, 5.74) is 0. The Bertz CT molecular complexity index is 574. The number of hydrogen-bond acceptors (Lipinski definition) is 3. The van der Waals surface area contributed by atoms with E-state index < -0.39 is 0 Å². The average Bonchev–Trinajstić information content (AvgIpc) is 2.67. The quantitative estimate of drug-likeness (QED) is 0.843. The first-order chi connectivity index (χ1) is 12.1. The lowest BCUT2D eigenvalue weighted by molar-refractivity contribution is -0.142. The van der Waals surface area contributed by atoms with Gasteiger partial charge in [0, 0.05) is 32.1 Å². The van der Waals surface area contributed by atoms with Crippen LogP contribution in [0.3, 0.4) is 0 Å². The first kappa shape index (κ1) is 17.8.